The molecule has 0 N–H and O–H groups in total. The summed E-state index contributed by atoms with van der Waals surface area (Å²) in [6, 6.07) is 0.947. The van der Waals surface area contributed by atoms with E-state index in [0.29, 0.717) is 12.5 Å². The molecule has 2 aliphatic rings. The van der Waals surface area contributed by atoms with Gasteiger partial charge in [-0.25, -0.2) is 13.8 Å². The van der Waals surface area contributed by atoms with Crippen LogP contribution < -0.4 is 5.56 Å². The summed E-state index contributed by atoms with van der Waals surface area (Å²) in [7, 11) is 0. The highest BCUT2D eigenvalue weighted by Crippen LogP contribution is 2.23. The zero-order valence-corrected chi connectivity index (χ0v) is 15.4. The normalized spacial score (nSPS) is 18.8. The van der Waals surface area contributed by atoms with Crippen molar-refractivity contribution >= 4 is 0 Å². The molecule has 2 aromatic heterocycles. The molecule has 2 aromatic rings. The number of nitrogens with zero attached hydrogens (tertiary/aromatic N) is 5. The number of hydrogen-bond donors (Lipinski definition) is 0. The van der Waals surface area contributed by atoms with Gasteiger partial charge in [-0.05, 0) is 51.1 Å². The van der Waals surface area contributed by atoms with Crippen molar-refractivity contribution in [3.63, 3.8) is 0 Å². The van der Waals surface area contributed by atoms with Crippen LogP contribution in [0.5, 0.6) is 0 Å². The summed E-state index contributed by atoms with van der Waals surface area (Å²) in [6.07, 6.45) is 6.14. The van der Waals surface area contributed by atoms with Gasteiger partial charge in [-0.15, -0.1) is 0 Å². The Morgan fingerprint density at radius 3 is 2.74 bits per heavy atom. The van der Waals surface area contributed by atoms with Crippen LogP contribution in [0, 0.1) is 5.92 Å². The summed E-state index contributed by atoms with van der Waals surface area (Å²) < 4.78 is 28.8. The summed E-state index contributed by atoms with van der Waals surface area (Å²) in [4.78, 5) is 18.2. The van der Waals surface area contributed by atoms with E-state index in [9.17, 15) is 13.6 Å². The minimum absolute atomic E-state index is 0.374. The maximum absolute atomic E-state index is 12.6. The quantitative estimate of drug-likeness (QED) is 0.804. The predicted octanol–water partition coefficient (Wildman–Crippen LogP) is 2.63. The Labute approximate surface area is 156 Å². The van der Waals surface area contributed by atoms with Gasteiger partial charge >= 0.3 is 0 Å². The molecule has 0 saturated carbocycles. The monoisotopic (exact) mass is 377 g/mol. The van der Waals surface area contributed by atoms with E-state index in [-0.39, 0.29) is 0 Å². The van der Waals surface area contributed by atoms with Crippen LogP contribution in [-0.2, 0) is 26.1 Å². The molecule has 0 aliphatic carbocycles. The second-order valence-corrected chi connectivity index (χ2v) is 7.62. The summed E-state index contributed by atoms with van der Waals surface area (Å²) in [6.45, 7) is 4.47. The fourth-order valence-corrected chi connectivity index (χ4v) is 4.16. The number of likely N-dealkylation sites (tertiary alicyclic amines) is 1. The van der Waals surface area contributed by atoms with E-state index in [1.165, 1.54) is 35.0 Å². The Morgan fingerprint density at radius 2 is 2.00 bits per heavy atom. The van der Waals surface area contributed by atoms with Crippen molar-refractivity contribution in [3.05, 3.63) is 45.9 Å². The molecule has 0 spiro atoms. The molecule has 0 amide bonds. The first-order valence-corrected chi connectivity index (χ1v) is 9.70. The van der Waals surface area contributed by atoms with Crippen LogP contribution in [0.3, 0.4) is 0 Å². The fraction of sp³-hybridized carbons (Fsp3) is 0.632. The third-order valence-electron chi connectivity index (χ3n) is 5.75. The van der Waals surface area contributed by atoms with Crippen molar-refractivity contribution in [2.24, 2.45) is 5.92 Å². The highest BCUT2D eigenvalue weighted by Gasteiger charge is 2.23. The van der Waals surface area contributed by atoms with Gasteiger partial charge in [-0.1, -0.05) is 0 Å². The third kappa shape index (κ3) is 4.10. The number of hydrogen-bond acceptors (Lipinski definition) is 4. The molecule has 6 nitrogen and oxygen atoms in total. The van der Waals surface area contributed by atoms with Gasteiger partial charge < -0.3 is 0 Å². The first-order valence-electron chi connectivity index (χ1n) is 9.70. The molecular formula is C19H25F2N5O. The molecule has 4 rings (SSSR count). The van der Waals surface area contributed by atoms with Crippen LogP contribution in [0.25, 0.3) is 0 Å². The van der Waals surface area contributed by atoms with E-state index in [1.807, 2.05) is 6.20 Å². The van der Waals surface area contributed by atoms with Crippen molar-refractivity contribution < 1.29 is 8.78 Å². The minimum atomic E-state index is -2.70. The van der Waals surface area contributed by atoms with Gasteiger partial charge in [0.15, 0.2) is 0 Å². The Hall–Kier alpha value is -2.09. The molecule has 1 fully saturated rings. The van der Waals surface area contributed by atoms with Gasteiger partial charge in [0, 0.05) is 37.0 Å². The van der Waals surface area contributed by atoms with E-state index in [0.717, 1.165) is 51.5 Å². The number of halogens is 2. The molecule has 0 bridgehead atoms. The predicted molar refractivity (Wildman–Crippen MR) is 96.6 cm³/mol. The zero-order valence-electron chi connectivity index (χ0n) is 15.4. The Morgan fingerprint density at radius 1 is 1.19 bits per heavy atom. The number of aryl methyl sites for hydroxylation is 1. The number of fused-ring (bicyclic) bond motifs is 1. The van der Waals surface area contributed by atoms with Crippen molar-refractivity contribution in [1.29, 1.82) is 0 Å². The number of piperidine rings is 1. The van der Waals surface area contributed by atoms with Gasteiger partial charge in [0.1, 0.15) is 5.69 Å². The first-order chi connectivity index (χ1) is 13.1. The standard InChI is InChI=1S/C19H25F2N5O/c20-19(21)16-9-18(27)25(13-22-16)11-14-4-7-24(8-5-14)12-15-10-23-26-6-2-1-3-17(15)26/h9-10,13-14,19H,1-8,11-12H2. The van der Waals surface area contributed by atoms with Crippen molar-refractivity contribution in [3.8, 4) is 0 Å². The molecule has 1 saturated heterocycles. The average molecular weight is 377 g/mol. The Balaban J connectivity index is 1.32. The van der Waals surface area contributed by atoms with E-state index in [4.69, 9.17) is 0 Å². The number of rotatable bonds is 5. The Kier molecular flexibility index (Phi) is 5.33. The highest BCUT2D eigenvalue weighted by molar-refractivity contribution is 5.19. The summed E-state index contributed by atoms with van der Waals surface area (Å²) >= 11 is 0. The molecule has 0 radical (unpaired) electrons. The van der Waals surface area contributed by atoms with Crippen LogP contribution in [0.1, 0.15) is 49.1 Å². The second kappa shape index (κ2) is 7.88. The molecule has 0 unspecified atom stereocenters. The van der Waals surface area contributed by atoms with Crippen LogP contribution in [-0.4, -0.2) is 37.3 Å². The summed E-state index contributed by atoms with van der Waals surface area (Å²) in [5.74, 6) is 0.374. The van der Waals surface area contributed by atoms with Gasteiger partial charge in [0.25, 0.3) is 12.0 Å². The lowest BCUT2D eigenvalue weighted by Crippen LogP contribution is -2.36. The van der Waals surface area contributed by atoms with Crippen molar-refractivity contribution in [2.75, 3.05) is 13.1 Å². The zero-order chi connectivity index (χ0) is 18.8. The lowest BCUT2D eigenvalue weighted by atomic mass is 9.96. The highest BCUT2D eigenvalue weighted by atomic mass is 19.3. The van der Waals surface area contributed by atoms with Crippen molar-refractivity contribution in [1.82, 2.24) is 24.2 Å². The van der Waals surface area contributed by atoms with Gasteiger partial charge in [0.2, 0.25) is 0 Å². The molecule has 0 atom stereocenters. The van der Waals surface area contributed by atoms with Crippen LogP contribution in [0.2, 0.25) is 0 Å². The molecule has 8 heteroatoms. The minimum Gasteiger partial charge on any atom is -0.299 e. The second-order valence-electron chi connectivity index (χ2n) is 7.62. The maximum atomic E-state index is 12.6. The van der Waals surface area contributed by atoms with Crippen LogP contribution >= 0.6 is 0 Å². The lowest BCUT2D eigenvalue weighted by molar-refractivity contribution is 0.144. The topological polar surface area (TPSA) is 56.0 Å². The third-order valence-corrected chi connectivity index (χ3v) is 5.75. The maximum Gasteiger partial charge on any atom is 0.280 e. The SMILES string of the molecule is O=c1cc(C(F)F)ncn1CC1CCN(Cc2cnn3c2CCCC3)CC1. The average Bonchev–Trinajstić information content (AvgIpc) is 3.08. The molecule has 4 heterocycles. The smallest absolute Gasteiger partial charge is 0.280 e. The van der Waals surface area contributed by atoms with Crippen molar-refractivity contribution in [2.45, 2.75) is 58.2 Å². The van der Waals surface area contributed by atoms with Crippen LogP contribution in [0.4, 0.5) is 8.78 Å². The van der Waals surface area contributed by atoms with E-state index < -0.39 is 17.7 Å². The summed E-state index contributed by atoms with van der Waals surface area (Å²) in [5.41, 5.74) is 1.89. The molecule has 27 heavy (non-hydrogen) atoms. The molecule has 146 valence electrons. The number of aromatic nitrogens is 4. The van der Waals surface area contributed by atoms with Gasteiger partial charge in [0.05, 0.1) is 12.5 Å². The fourth-order valence-electron chi connectivity index (χ4n) is 4.16. The first kappa shape index (κ1) is 18.3. The van der Waals surface area contributed by atoms with Crippen LogP contribution in [0.15, 0.2) is 23.4 Å². The molecule has 0 aromatic carbocycles. The largest absolute Gasteiger partial charge is 0.299 e. The Bertz CT molecular complexity index is 839. The van der Waals surface area contributed by atoms with E-state index in [1.54, 1.807) is 0 Å². The molecular weight excluding hydrogens is 352 g/mol. The summed E-state index contributed by atoms with van der Waals surface area (Å²) in [5, 5.41) is 4.51. The van der Waals surface area contributed by atoms with Gasteiger partial charge in [-0.2, -0.15) is 5.10 Å². The molecule has 2 aliphatic heterocycles. The number of alkyl halides is 2. The lowest BCUT2D eigenvalue weighted by Gasteiger charge is -2.32. The van der Waals surface area contributed by atoms with Gasteiger partial charge in [-0.3, -0.25) is 18.9 Å². The van der Waals surface area contributed by atoms with E-state index >= 15 is 0 Å². The van der Waals surface area contributed by atoms with E-state index in [2.05, 4.69) is 19.7 Å².